The van der Waals surface area contributed by atoms with E-state index in [0.29, 0.717) is 22.6 Å². The van der Waals surface area contributed by atoms with E-state index in [2.05, 4.69) is 0 Å². The van der Waals surface area contributed by atoms with Crippen LogP contribution in [0.1, 0.15) is 0 Å². The lowest BCUT2D eigenvalue weighted by molar-refractivity contribution is -0.671. The van der Waals surface area contributed by atoms with Crippen LogP contribution in [0.4, 0.5) is 0 Å². The number of ether oxygens (including phenoxy) is 2. The Labute approximate surface area is 102 Å². The Kier molecular flexibility index (Phi) is 2.42. The predicted molar refractivity (Wildman–Crippen MR) is 58.9 cm³/mol. The van der Waals surface area contributed by atoms with E-state index >= 15 is 0 Å². The third-order valence-electron chi connectivity index (χ3n) is 2.67. The predicted octanol–water partition coefficient (Wildman–Crippen LogP) is 0.337. The molecule has 1 aliphatic rings. The van der Waals surface area contributed by atoms with Gasteiger partial charge in [0.05, 0.1) is 0 Å². The van der Waals surface area contributed by atoms with Crippen molar-refractivity contribution in [2.24, 2.45) is 0 Å². The second kappa shape index (κ2) is 3.85. The van der Waals surface area contributed by atoms with Crippen molar-refractivity contribution in [1.82, 2.24) is 0 Å². The molecule has 1 aromatic carbocycles. The zero-order valence-electron chi connectivity index (χ0n) is 9.20. The molecule has 0 spiro atoms. The molecule has 2 aromatic rings. The van der Waals surface area contributed by atoms with Crippen LogP contribution in [0.5, 0.6) is 11.5 Å². The Morgan fingerprint density at radius 2 is 2.17 bits per heavy atom. The molecule has 0 saturated carbocycles. The minimum atomic E-state index is -4.00. The molecule has 18 heavy (non-hydrogen) atoms. The van der Waals surface area contributed by atoms with Gasteiger partial charge in [0.2, 0.25) is 18.1 Å². The fourth-order valence-corrected chi connectivity index (χ4v) is 2.26. The number of rotatable bonds is 3. The molecular weight excluding hydrogens is 262 g/mol. The fraction of sp³-hybridized carbons (Fsp3) is 0.300. The van der Waals surface area contributed by atoms with Crippen molar-refractivity contribution in [3.8, 4) is 11.5 Å². The van der Waals surface area contributed by atoms with E-state index in [4.69, 9.17) is 18.4 Å². The first-order valence-corrected chi connectivity index (χ1v) is 6.80. The van der Waals surface area contributed by atoms with Crippen molar-refractivity contribution in [1.29, 1.82) is 0 Å². The summed E-state index contributed by atoms with van der Waals surface area (Å²) in [6, 6.07) is 3.47. The standard InChI is InChI=1S/C10H9NO6S/c12-18(13,14)4-3-11-5-15-9-7(11)1-2-8-10(9)17-6-16-8/h1-2,5H,3-4,6H2/p+1. The molecule has 0 unspecified atom stereocenters. The average Bonchev–Trinajstić information content (AvgIpc) is 2.91. The van der Waals surface area contributed by atoms with Crippen molar-refractivity contribution in [2.45, 2.75) is 6.54 Å². The summed E-state index contributed by atoms with van der Waals surface area (Å²) in [5, 5.41) is 0. The van der Waals surface area contributed by atoms with Crippen molar-refractivity contribution in [3.63, 3.8) is 0 Å². The molecule has 3 rings (SSSR count). The van der Waals surface area contributed by atoms with Crippen LogP contribution in [-0.2, 0) is 16.7 Å². The van der Waals surface area contributed by atoms with Crippen LogP contribution in [0.25, 0.3) is 11.1 Å². The highest BCUT2D eigenvalue weighted by molar-refractivity contribution is 7.85. The van der Waals surface area contributed by atoms with Crippen LogP contribution in [0.3, 0.4) is 0 Å². The highest BCUT2D eigenvalue weighted by Crippen LogP contribution is 2.38. The molecule has 0 radical (unpaired) electrons. The third-order valence-corrected chi connectivity index (χ3v) is 3.37. The number of aromatic nitrogens is 1. The summed E-state index contributed by atoms with van der Waals surface area (Å²) >= 11 is 0. The van der Waals surface area contributed by atoms with Crippen LogP contribution >= 0.6 is 0 Å². The van der Waals surface area contributed by atoms with E-state index < -0.39 is 10.1 Å². The maximum absolute atomic E-state index is 10.7. The fourth-order valence-electron chi connectivity index (χ4n) is 1.84. The maximum Gasteiger partial charge on any atom is 0.335 e. The second-order valence-corrected chi connectivity index (χ2v) is 5.42. The minimum Gasteiger partial charge on any atom is -0.453 e. The molecule has 0 amide bonds. The molecule has 8 heteroatoms. The molecule has 0 saturated heterocycles. The maximum atomic E-state index is 10.7. The molecule has 1 N–H and O–H groups in total. The van der Waals surface area contributed by atoms with Crippen molar-refractivity contribution in [2.75, 3.05) is 12.5 Å². The smallest absolute Gasteiger partial charge is 0.335 e. The minimum absolute atomic E-state index is 0.103. The van der Waals surface area contributed by atoms with Gasteiger partial charge in [-0.25, -0.2) is 0 Å². The number of aryl methyl sites for hydroxylation is 1. The van der Waals surface area contributed by atoms with Crippen molar-refractivity contribution < 1.29 is 31.4 Å². The van der Waals surface area contributed by atoms with Gasteiger partial charge in [-0.3, -0.25) is 4.55 Å². The van der Waals surface area contributed by atoms with Gasteiger partial charge in [0.15, 0.2) is 12.3 Å². The lowest BCUT2D eigenvalue weighted by atomic mass is 10.3. The number of oxazole rings is 1. The number of benzene rings is 1. The monoisotopic (exact) mass is 272 g/mol. The molecule has 96 valence electrons. The van der Waals surface area contributed by atoms with Crippen LogP contribution in [-0.4, -0.2) is 25.5 Å². The lowest BCUT2D eigenvalue weighted by Crippen LogP contribution is -2.35. The van der Waals surface area contributed by atoms with Gasteiger partial charge >= 0.3 is 6.39 Å². The van der Waals surface area contributed by atoms with Gasteiger partial charge in [0.25, 0.3) is 15.6 Å². The Morgan fingerprint density at radius 1 is 1.33 bits per heavy atom. The van der Waals surface area contributed by atoms with Crippen molar-refractivity contribution >= 4 is 21.2 Å². The molecule has 0 aliphatic carbocycles. The van der Waals surface area contributed by atoms with E-state index in [0.717, 1.165) is 0 Å². The molecule has 0 fully saturated rings. The summed E-state index contributed by atoms with van der Waals surface area (Å²) in [4.78, 5) is 0. The molecule has 1 aromatic heterocycles. The van der Waals surface area contributed by atoms with Crippen LogP contribution < -0.4 is 14.0 Å². The number of nitrogens with zero attached hydrogens (tertiary/aromatic N) is 1. The van der Waals surface area contributed by atoms with Gasteiger partial charge in [-0.15, -0.1) is 0 Å². The van der Waals surface area contributed by atoms with Crippen LogP contribution in [0.15, 0.2) is 22.9 Å². The summed E-state index contributed by atoms with van der Waals surface area (Å²) in [5.74, 6) is 0.734. The van der Waals surface area contributed by atoms with Crippen LogP contribution in [0, 0.1) is 0 Å². The van der Waals surface area contributed by atoms with E-state index in [-0.39, 0.29) is 19.1 Å². The molecule has 0 atom stereocenters. The highest BCUT2D eigenvalue weighted by Gasteiger charge is 2.25. The van der Waals surface area contributed by atoms with Gasteiger partial charge in [0, 0.05) is 6.07 Å². The SMILES string of the molecule is O=S(=O)(O)CC[n+]1coc2c3c(ccc21)OCO3. The summed E-state index contributed by atoms with van der Waals surface area (Å²) in [5.41, 5.74) is 1.18. The number of hydrogen-bond donors (Lipinski definition) is 1. The molecule has 1 aliphatic heterocycles. The van der Waals surface area contributed by atoms with Gasteiger partial charge in [-0.05, 0) is 6.07 Å². The Morgan fingerprint density at radius 3 is 2.94 bits per heavy atom. The Bertz CT molecular complexity index is 704. The molecule has 0 bridgehead atoms. The average molecular weight is 272 g/mol. The normalized spacial score (nSPS) is 14.3. The van der Waals surface area contributed by atoms with E-state index in [1.807, 2.05) is 0 Å². The zero-order chi connectivity index (χ0) is 12.8. The van der Waals surface area contributed by atoms with Gasteiger partial charge < -0.3 is 13.9 Å². The third kappa shape index (κ3) is 1.89. The first kappa shape index (κ1) is 11.3. The lowest BCUT2D eigenvalue weighted by Gasteiger charge is -1.94. The molecule has 2 heterocycles. The Balaban J connectivity index is 2.00. The largest absolute Gasteiger partial charge is 0.453 e. The second-order valence-electron chi connectivity index (χ2n) is 3.85. The number of fused-ring (bicyclic) bond motifs is 3. The molecule has 7 nitrogen and oxygen atoms in total. The van der Waals surface area contributed by atoms with E-state index in [1.54, 1.807) is 16.7 Å². The molecular formula is C10H10NO6S+. The van der Waals surface area contributed by atoms with Gasteiger partial charge in [-0.1, -0.05) is 0 Å². The summed E-state index contributed by atoms with van der Waals surface area (Å²) in [6.45, 7) is 0.242. The summed E-state index contributed by atoms with van der Waals surface area (Å²) in [7, 11) is -4.00. The number of hydrogen-bond acceptors (Lipinski definition) is 5. The summed E-state index contributed by atoms with van der Waals surface area (Å²) < 4.78 is 47.6. The van der Waals surface area contributed by atoms with Gasteiger partial charge in [0.1, 0.15) is 5.75 Å². The summed E-state index contributed by atoms with van der Waals surface area (Å²) in [6.07, 6.45) is 1.39. The first-order valence-electron chi connectivity index (χ1n) is 5.19. The van der Waals surface area contributed by atoms with E-state index in [9.17, 15) is 8.42 Å². The van der Waals surface area contributed by atoms with Gasteiger partial charge in [-0.2, -0.15) is 13.0 Å². The zero-order valence-corrected chi connectivity index (χ0v) is 10.0. The van der Waals surface area contributed by atoms with E-state index in [1.165, 1.54) is 6.39 Å². The highest BCUT2D eigenvalue weighted by atomic mass is 32.2. The quantitative estimate of drug-likeness (QED) is 0.640. The Hall–Kier alpha value is -1.80. The van der Waals surface area contributed by atoms with Crippen LogP contribution in [0.2, 0.25) is 0 Å². The first-order chi connectivity index (χ1) is 8.54. The van der Waals surface area contributed by atoms with Crippen molar-refractivity contribution in [3.05, 3.63) is 18.5 Å². The topological polar surface area (TPSA) is 89.9 Å².